The molecule has 1 aromatic carbocycles. The van der Waals surface area contributed by atoms with Crippen LogP contribution < -0.4 is 10.3 Å². The second-order valence-electron chi connectivity index (χ2n) is 6.08. The first kappa shape index (κ1) is 17.4. The zero-order chi connectivity index (χ0) is 18.6. The molecule has 0 bridgehead atoms. The fourth-order valence-electron chi connectivity index (χ4n) is 2.82. The lowest BCUT2D eigenvalue weighted by Gasteiger charge is -2.29. The van der Waals surface area contributed by atoms with Gasteiger partial charge in [-0.15, -0.1) is 0 Å². The number of nitrogens with zero attached hydrogens (tertiary/aromatic N) is 4. The average molecular weight is 382 g/mol. The van der Waals surface area contributed by atoms with Crippen LogP contribution in [0.3, 0.4) is 0 Å². The van der Waals surface area contributed by atoms with Crippen LogP contribution in [0.2, 0.25) is 0 Å². The summed E-state index contributed by atoms with van der Waals surface area (Å²) in [6.45, 7) is 2.95. The third-order valence-electron chi connectivity index (χ3n) is 4.21. The minimum atomic E-state index is -0.126. The largest absolute Gasteiger partial charge is 0.485 e. The molecule has 0 saturated carbocycles. The smallest absolute Gasteiger partial charge is 0.256 e. The summed E-state index contributed by atoms with van der Waals surface area (Å²) in [7, 11) is 0. The molecule has 138 valence electrons. The molecule has 0 fully saturated rings. The first-order valence-electron chi connectivity index (χ1n) is 8.44. The van der Waals surface area contributed by atoms with E-state index in [1.54, 1.807) is 28.6 Å². The molecule has 1 aliphatic rings. The summed E-state index contributed by atoms with van der Waals surface area (Å²) in [6, 6.07) is 13.5. The van der Waals surface area contributed by atoms with Crippen LogP contribution >= 0.6 is 11.8 Å². The number of hydrogen-bond donors (Lipinski definition) is 0. The molecule has 0 radical (unpaired) electrons. The van der Waals surface area contributed by atoms with E-state index in [1.165, 1.54) is 18.0 Å². The van der Waals surface area contributed by atoms with Crippen molar-refractivity contribution >= 4 is 11.8 Å². The first-order chi connectivity index (χ1) is 13.2. The Hall–Kier alpha value is -3.00. The standard InChI is InChI=1S/C19H18N4O3S/c1-14-12-27-19(23(14)10-15-5-3-2-4-6-15)22-8-7-16(9-18(22)24)25-11-17-20-13-26-21-17/h2-9,12-13,19H,10-11H2,1H3. The van der Waals surface area contributed by atoms with E-state index in [4.69, 9.17) is 4.74 Å². The summed E-state index contributed by atoms with van der Waals surface area (Å²) in [5.74, 6) is 0.905. The number of rotatable bonds is 6. The molecule has 27 heavy (non-hydrogen) atoms. The monoisotopic (exact) mass is 382 g/mol. The number of thioether (sulfide) groups is 1. The number of pyridine rings is 1. The molecule has 0 aliphatic carbocycles. The molecule has 7 nitrogen and oxygen atoms in total. The minimum absolute atomic E-state index is 0.121. The van der Waals surface area contributed by atoms with Crippen LogP contribution in [0.25, 0.3) is 0 Å². The van der Waals surface area contributed by atoms with E-state index in [1.807, 2.05) is 18.2 Å². The Morgan fingerprint density at radius 1 is 1.26 bits per heavy atom. The molecule has 8 heteroatoms. The molecule has 4 rings (SSSR count). The highest BCUT2D eigenvalue weighted by molar-refractivity contribution is 8.02. The maximum atomic E-state index is 12.7. The molecule has 1 unspecified atom stereocenters. The molecule has 3 aromatic rings. The van der Waals surface area contributed by atoms with Gasteiger partial charge in [-0.3, -0.25) is 9.36 Å². The van der Waals surface area contributed by atoms with E-state index in [0.29, 0.717) is 11.6 Å². The molecule has 0 N–H and O–H groups in total. The van der Waals surface area contributed by atoms with Gasteiger partial charge in [-0.25, -0.2) is 0 Å². The fraction of sp³-hybridized carbons (Fsp3) is 0.211. The van der Waals surface area contributed by atoms with Gasteiger partial charge in [0.1, 0.15) is 5.75 Å². The molecule has 1 atom stereocenters. The van der Waals surface area contributed by atoms with Crippen molar-refractivity contribution in [2.75, 3.05) is 0 Å². The second-order valence-corrected chi connectivity index (χ2v) is 7.01. The third-order valence-corrected chi connectivity index (χ3v) is 5.41. The lowest BCUT2D eigenvalue weighted by molar-refractivity contribution is 0.260. The number of ether oxygens (including phenoxy) is 1. The first-order valence-corrected chi connectivity index (χ1v) is 9.38. The van der Waals surface area contributed by atoms with E-state index < -0.39 is 0 Å². The van der Waals surface area contributed by atoms with Crippen LogP contribution in [0, 0.1) is 0 Å². The lowest BCUT2D eigenvalue weighted by atomic mass is 10.2. The maximum Gasteiger partial charge on any atom is 0.256 e. The minimum Gasteiger partial charge on any atom is -0.485 e. The molecule has 0 saturated heterocycles. The van der Waals surface area contributed by atoms with Gasteiger partial charge in [0.05, 0.1) is 0 Å². The van der Waals surface area contributed by atoms with Crippen molar-refractivity contribution in [2.45, 2.75) is 25.6 Å². The van der Waals surface area contributed by atoms with Gasteiger partial charge in [0.2, 0.25) is 12.2 Å². The lowest BCUT2D eigenvalue weighted by Crippen LogP contribution is -2.32. The van der Waals surface area contributed by atoms with Crippen molar-refractivity contribution in [1.82, 2.24) is 19.6 Å². The Bertz CT molecular complexity index is 986. The van der Waals surface area contributed by atoms with Crippen LogP contribution in [0.1, 0.15) is 23.8 Å². The summed E-state index contributed by atoms with van der Waals surface area (Å²) >= 11 is 1.62. The zero-order valence-corrected chi connectivity index (χ0v) is 15.5. The quantitative estimate of drug-likeness (QED) is 0.647. The summed E-state index contributed by atoms with van der Waals surface area (Å²) in [5, 5.41) is 5.77. The molecule has 2 aromatic heterocycles. The van der Waals surface area contributed by atoms with Crippen molar-refractivity contribution in [3.63, 3.8) is 0 Å². The Morgan fingerprint density at radius 2 is 2.11 bits per heavy atom. The summed E-state index contributed by atoms with van der Waals surface area (Å²) in [5.41, 5.74) is 2.09. The highest BCUT2D eigenvalue weighted by atomic mass is 32.2. The second kappa shape index (κ2) is 7.71. The SMILES string of the molecule is CC1=CSC(n2ccc(OCc3ncon3)cc2=O)N1Cc1ccccc1. The highest BCUT2D eigenvalue weighted by Crippen LogP contribution is 2.39. The maximum absolute atomic E-state index is 12.7. The van der Waals surface area contributed by atoms with E-state index in [9.17, 15) is 4.79 Å². The predicted octanol–water partition coefficient (Wildman–Crippen LogP) is 3.38. The summed E-state index contributed by atoms with van der Waals surface area (Å²) < 4.78 is 11.9. The van der Waals surface area contributed by atoms with Gasteiger partial charge >= 0.3 is 0 Å². The van der Waals surface area contributed by atoms with Gasteiger partial charge in [0.25, 0.3) is 5.56 Å². The van der Waals surface area contributed by atoms with Crippen molar-refractivity contribution in [3.8, 4) is 5.75 Å². The van der Waals surface area contributed by atoms with Crippen molar-refractivity contribution in [3.05, 3.63) is 87.9 Å². The van der Waals surface area contributed by atoms with Gasteiger partial charge in [0.15, 0.2) is 12.1 Å². The van der Waals surface area contributed by atoms with Crippen LogP contribution in [-0.4, -0.2) is 19.6 Å². The van der Waals surface area contributed by atoms with E-state index in [-0.39, 0.29) is 17.7 Å². The highest BCUT2D eigenvalue weighted by Gasteiger charge is 2.26. The van der Waals surface area contributed by atoms with Crippen LogP contribution in [0.4, 0.5) is 0 Å². The van der Waals surface area contributed by atoms with Crippen molar-refractivity contribution in [2.24, 2.45) is 0 Å². The van der Waals surface area contributed by atoms with Crippen LogP contribution in [-0.2, 0) is 13.2 Å². The zero-order valence-electron chi connectivity index (χ0n) is 14.7. The molecule has 0 amide bonds. The average Bonchev–Trinajstić information content (AvgIpc) is 3.32. The number of allylic oxidation sites excluding steroid dienone is 1. The molecule has 0 spiro atoms. The van der Waals surface area contributed by atoms with E-state index in [0.717, 1.165) is 12.2 Å². The fourth-order valence-corrected chi connectivity index (χ4v) is 3.97. The predicted molar refractivity (Wildman–Crippen MR) is 102 cm³/mol. The van der Waals surface area contributed by atoms with Gasteiger partial charge in [-0.2, -0.15) is 4.98 Å². The Balaban J connectivity index is 1.50. The van der Waals surface area contributed by atoms with Crippen molar-refractivity contribution in [1.29, 1.82) is 0 Å². The summed E-state index contributed by atoms with van der Waals surface area (Å²) in [6.07, 6.45) is 3.00. The third kappa shape index (κ3) is 3.90. The summed E-state index contributed by atoms with van der Waals surface area (Å²) in [4.78, 5) is 18.8. The van der Waals surface area contributed by atoms with E-state index >= 15 is 0 Å². The Morgan fingerprint density at radius 3 is 2.85 bits per heavy atom. The normalized spacial score (nSPS) is 16.4. The Kier molecular flexibility index (Phi) is 4.97. The topological polar surface area (TPSA) is 73.4 Å². The Labute approximate surface area is 160 Å². The number of hydrogen-bond acceptors (Lipinski definition) is 7. The number of aromatic nitrogens is 3. The van der Waals surface area contributed by atoms with Crippen molar-refractivity contribution < 1.29 is 9.26 Å². The van der Waals surface area contributed by atoms with Gasteiger partial charge < -0.3 is 14.2 Å². The van der Waals surface area contributed by atoms with Gasteiger partial charge in [0, 0.05) is 24.5 Å². The number of benzene rings is 1. The van der Waals surface area contributed by atoms with Gasteiger partial charge in [-0.05, 0) is 24.0 Å². The molecular weight excluding hydrogens is 364 g/mol. The molecule has 1 aliphatic heterocycles. The van der Waals surface area contributed by atoms with Crippen LogP contribution in [0.15, 0.2) is 75.5 Å². The molecular formula is C19H18N4O3S. The van der Waals surface area contributed by atoms with E-state index in [2.05, 4.69) is 44.0 Å². The molecule has 3 heterocycles. The van der Waals surface area contributed by atoms with Gasteiger partial charge in [-0.1, -0.05) is 47.3 Å². The van der Waals surface area contributed by atoms with Crippen LogP contribution in [0.5, 0.6) is 5.75 Å².